The van der Waals surface area contributed by atoms with Gasteiger partial charge in [-0.25, -0.2) is 0 Å². The van der Waals surface area contributed by atoms with Crippen LogP contribution in [0.1, 0.15) is 46.5 Å². The van der Waals surface area contributed by atoms with Crippen molar-refractivity contribution in [1.82, 2.24) is 10.2 Å². The highest BCUT2D eigenvalue weighted by Crippen LogP contribution is 2.39. The number of halogens is 1. The summed E-state index contributed by atoms with van der Waals surface area (Å²) in [4.78, 5) is 14.7. The Bertz CT molecular complexity index is 296. The van der Waals surface area contributed by atoms with Gasteiger partial charge in [-0.05, 0) is 44.6 Å². The molecule has 1 atom stereocenters. The monoisotopic (exact) mass is 274 g/mol. The minimum Gasteiger partial charge on any atom is -0.342 e. The molecule has 2 rings (SSSR count). The van der Waals surface area contributed by atoms with Gasteiger partial charge in [0.15, 0.2) is 0 Å². The SMILES string of the molecule is CCC1(CC)CCN(C(=O)C2(C)CCNC2)C1.Cl. The minimum absolute atomic E-state index is 0. The molecule has 0 aromatic heterocycles. The van der Waals surface area contributed by atoms with Crippen LogP contribution in [0, 0.1) is 10.8 Å². The molecule has 1 unspecified atom stereocenters. The number of rotatable bonds is 3. The molecule has 2 aliphatic heterocycles. The highest BCUT2D eigenvalue weighted by molar-refractivity contribution is 5.85. The molecule has 1 N–H and O–H groups in total. The van der Waals surface area contributed by atoms with Gasteiger partial charge in [0.25, 0.3) is 0 Å². The lowest BCUT2D eigenvalue weighted by Gasteiger charge is -2.31. The van der Waals surface area contributed by atoms with E-state index in [9.17, 15) is 4.79 Å². The molecule has 2 aliphatic rings. The zero-order valence-electron chi connectivity index (χ0n) is 11.9. The standard InChI is InChI=1S/C14H26N2O.ClH/c1-4-14(5-2)7-9-16(11-14)12(17)13(3)6-8-15-10-13;/h15H,4-11H2,1-3H3;1H. The van der Waals surface area contributed by atoms with Crippen LogP contribution in [0.4, 0.5) is 0 Å². The number of carbonyl (C=O) groups excluding carboxylic acids is 1. The molecule has 2 fully saturated rings. The molecule has 2 heterocycles. The van der Waals surface area contributed by atoms with E-state index in [4.69, 9.17) is 0 Å². The Balaban J connectivity index is 0.00000162. The van der Waals surface area contributed by atoms with Crippen LogP contribution in [0.2, 0.25) is 0 Å². The van der Waals surface area contributed by atoms with Crippen LogP contribution < -0.4 is 5.32 Å². The maximum atomic E-state index is 12.6. The van der Waals surface area contributed by atoms with Gasteiger partial charge >= 0.3 is 0 Å². The highest BCUT2D eigenvalue weighted by Gasteiger charge is 2.44. The molecule has 106 valence electrons. The third-order valence-corrected chi connectivity index (χ3v) is 5.11. The smallest absolute Gasteiger partial charge is 0.229 e. The Labute approximate surface area is 117 Å². The summed E-state index contributed by atoms with van der Waals surface area (Å²) in [5.41, 5.74) is 0.260. The van der Waals surface area contributed by atoms with E-state index in [1.165, 1.54) is 19.3 Å². The molecule has 18 heavy (non-hydrogen) atoms. The van der Waals surface area contributed by atoms with E-state index < -0.39 is 0 Å². The van der Waals surface area contributed by atoms with Gasteiger partial charge in [-0.3, -0.25) is 4.79 Å². The van der Waals surface area contributed by atoms with Crippen LogP contribution in [0.25, 0.3) is 0 Å². The summed E-state index contributed by atoms with van der Waals surface area (Å²) in [6, 6.07) is 0. The van der Waals surface area contributed by atoms with Gasteiger partial charge in [0.1, 0.15) is 0 Å². The van der Waals surface area contributed by atoms with Crippen molar-refractivity contribution in [2.75, 3.05) is 26.2 Å². The van der Waals surface area contributed by atoms with Gasteiger partial charge in [0, 0.05) is 19.6 Å². The lowest BCUT2D eigenvalue weighted by Crippen LogP contribution is -2.43. The average Bonchev–Trinajstić information content (AvgIpc) is 2.96. The van der Waals surface area contributed by atoms with Crippen molar-refractivity contribution in [2.45, 2.75) is 46.5 Å². The summed E-state index contributed by atoms with van der Waals surface area (Å²) in [6.07, 6.45) is 4.58. The predicted octanol–water partition coefficient (Wildman–Crippen LogP) is 2.45. The molecule has 2 saturated heterocycles. The topological polar surface area (TPSA) is 32.3 Å². The quantitative estimate of drug-likeness (QED) is 0.857. The Hall–Kier alpha value is -0.280. The molecular weight excluding hydrogens is 248 g/mol. The van der Waals surface area contributed by atoms with Crippen LogP contribution in [-0.4, -0.2) is 37.0 Å². The van der Waals surface area contributed by atoms with Crippen LogP contribution in [0.5, 0.6) is 0 Å². The number of hydrogen-bond acceptors (Lipinski definition) is 2. The first-order valence-corrected chi connectivity index (χ1v) is 7.05. The fourth-order valence-electron chi connectivity index (χ4n) is 3.32. The van der Waals surface area contributed by atoms with E-state index in [1.54, 1.807) is 0 Å². The average molecular weight is 275 g/mol. The molecule has 1 amide bonds. The number of nitrogens with zero attached hydrogens (tertiary/aromatic N) is 1. The van der Waals surface area contributed by atoms with E-state index in [-0.39, 0.29) is 17.8 Å². The minimum atomic E-state index is -0.141. The normalized spacial score (nSPS) is 30.3. The number of amides is 1. The van der Waals surface area contributed by atoms with E-state index in [2.05, 4.69) is 31.0 Å². The lowest BCUT2D eigenvalue weighted by molar-refractivity contribution is -0.139. The van der Waals surface area contributed by atoms with Gasteiger partial charge < -0.3 is 10.2 Å². The first kappa shape index (κ1) is 15.8. The largest absolute Gasteiger partial charge is 0.342 e. The van der Waals surface area contributed by atoms with Crippen molar-refractivity contribution in [1.29, 1.82) is 0 Å². The summed E-state index contributed by atoms with van der Waals surface area (Å²) >= 11 is 0. The summed E-state index contributed by atoms with van der Waals surface area (Å²) < 4.78 is 0. The Kier molecular flexibility index (Phi) is 5.07. The third-order valence-electron chi connectivity index (χ3n) is 5.11. The Morgan fingerprint density at radius 2 is 1.94 bits per heavy atom. The van der Waals surface area contributed by atoms with Crippen molar-refractivity contribution >= 4 is 18.3 Å². The molecule has 0 aromatic carbocycles. The van der Waals surface area contributed by atoms with E-state index in [0.29, 0.717) is 11.3 Å². The summed E-state index contributed by atoms with van der Waals surface area (Å²) in [5, 5.41) is 3.32. The number of likely N-dealkylation sites (tertiary alicyclic amines) is 1. The fourth-order valence-corrected chi connectivity index (χ4v) is 3.32. The number of hydrogen-bond donors (Lipinski definition) is 1. The Morgan fingerprint density at radius 3 is 2.39 bits per heavy atom. The molecule has 0 bridgehead atoms. The molecule has 3 nitrogen and oxygen atoms in total. The zero-order chi connectivity index (χ0) is 12.5. The first-order valence-electron chi connectivity index (χ1n) is 7.05. The number of nitrogens with one attached hydrogen (secondary N) is 1. The maximum absolute atomic E-state index is 12.6. The van der Waals surface area contributed by atoms with Crippen molar-refractivity contribution in [3.05, 3.63) is 0 Å². The van der Waals surface area contributed by atoms with E-state index in [0.717, 1.165) is 32.6 Å². The lowest BCUT2D eigenvalue weighted by atomic mass is 9.81. The van der Waals surface area contributed by atoms with E-state index >= 15 is 0 Å². The second kappa shape index (κ2) is 5.79. The predicted molar refractivity (Wildman–Crippen MR) is 77.1 cm³/mol. The van der Waals surface area contributed by atoms with Crippen LogP contribution in [0.15, 0.2) is 0 Å². The van der Waals surface area contributed by atoms with Crippen LogP contribution in [0.3, 0.4) is 0 Å². The highest BCUT2D eigenvalue weighted by atomic mass is 35.5. The van der Waals surface area contributed by atoms with E-state index in [1.807, 2.05) is 0 Å². The third kappa shape index (κ3) is 2.67. The van der Waals surface area contributed by atoms with Gasteiger partial charge in [0.05, 0.1) is 5.41 Å². The first-order chi connectivity index (χ1) is 8.05. The van der Waals surface area contributed by atoms with Crippen molar-refractivity contribution in [2.24, 2.45) is 10.8 Å². The molecule has 0 aromatic rings. The number of carbonyl (C=O) groups is 1. The van der Waals surface area contributed by atoms with Gasteiger partial charge in [-0.2, -0.15) is 0 Å². The fraction of sp³-hybridized carbons (Fsp3) is 0.929. The summed E-state index contributed by atoms with van der Waals surface area (Å²) in [5.74, 6) is 0.381. The van der Waals surface area contributed by atoms with Crippen molar-refractivity contribution < 1.29 is 4.79 Å². The Morgan fingerprint density at radius 1 is 1.28 bits per heavy atom. The molecule has 4 heteroatoms. The van der Waals surface area contributed by atoms with Crippen molar-refractivity contribution in [3.8, 4) is 0 Å². The maximum Gasteiger partial charge on any atom is 0.229 e. The summed E-state index contributed by atoms with van der Waals surface area (Å²) in [7, 11) is 0. The zero-order valence-corrected chi connectivity index (χ0v) is 12.7. The molecular formula is C14H27ClN2O. The van der Waals surface area contributed by atoms with Crippen LogP contribution in [-0.2, 0) is 4.79 Å². The van der Waals surface area contributed by atoms with Gasteiger partial charge in [-0.15, -0.1) is 12.4 Å². The second-order valence-electron chi connectivity index (χ2n) is 6.17. The van der Waals surface area contributed by atoms with Crippen molar-refractivity contribution in [3.63, 3.8) is 0 Å². The summed E-state index contributed by atoms with van der Waals surface area (Å²) in [6.45, 7) is 10.4. The molecule has 0 spiro atoms. The molecule has 0 aliphatic carbocycles. The van der Waals surface area contributed by atoms with Gasteiger partial charge in [-0.1, -0.05) is 13.8 Å². The van der Waals surface area contributed by atoms with Crippen LogP contribution >= 0.6 is 12.4 Å². The van der Waals surface area contributed by atoms with Gasteiger partial charge in [0.2, 0.25) is 5.91 Å². The second-order valence-corrected chi connectivity index (χ2v) is 6.17. The molecule has 0 saturated carbocycles. The molecule has 0 radical (unpaired) electrons.